The number of aromatic nitrogens is 2. The van der Waals surface area contributed by atoms with Crippen LogP contribution in [-0.4, -0.2) is 20.6 Å². The number of para-hydroxylation sites is 1. The Morgan fingerprint density at radius 3 is 2.77 bits per heavy atom. The second-order valence-electron chi connectivity index (χ2n) is 5.51. The van der Waals surface area contributed by atoms with Crippen molar-refractivity contribution in [3.8, 4) is 5.75 Å². The zero-order chi connectivity index (χ0) is 18.7. The van der Waals surface area contributed by atoms with Gasteiger partial charge in [0.05, 0.1) is 16.6 Å². The van der Waals surface area contributed by atoms with Crippen LogP contribution < -0.4 is 15.9 Å². The van der Waals surface area contributed by atoms with Crippen molar-refractivity contribution in [2.75, 3.05) is 0 Å². The number of nitro benzene ring substituents is 1. The van der Waals surface area contributed by atoms with Gasteiger partial charge in [0.15, 0.2) is 0 Å². The van der Waals surface area contributed by atoms with Gasteiger partial charge in [0.25, 0.3) is 5.69 Å². The molecule has 0 spiro atoms. The van der Waals surface area contributed by atoms with E-state index < -0.39 is 16.6 Å². The standard InChI is InChI=1S/C17H14N4O5/c22-15-6-5-12(21(25)26)7-11(15)8-18-17(24)10-20-14-4-2-1-3-13(14)16(23)9-19-20/h1-7,9,22H,8,10H2,(H,18,24)/p-1. The van der Waals surface area contributed by atoms with Crippen molar-refractivity contribution in [3.05, 3.63) is 74.6 Å². The maximum atomic E-state index is 12.2. The average molecular weight is 353 g/mol. The molecule has 3 aromatic rings. The summed E-state index contributed by atoms with van der Waals surface area (Å²) in [6.45, 7) is -0.304. The van der Waals surface area contributed by atoms with Crippen LogP contribution in [0.3, 0.4) is 0 Å². The van der Waals surface area contributed by atoms with Gasteiger partial charge in [-0.3, -0.25) is 24.4 Å². The minimum absolute atomic E-state index is 0.116. The Labute approximate surface area is 146 Å². The number of nitrogens with zero attached hydrogens (tertiary/aromatic N) is 3. The van der Waals surface area contributed by atoms with Gasteiger partial charge < -0.3 is 10.4 Å². The van der Waals surface area contributed by atoms with Gasteiger partial charge in [-0.15, -0.1) is 5.75 Å². The van der Waals surface area contributed by atoms with E-state index in [4.69, 9.17) is 0 Å². The molecule has 0 aliphatic carbocycles. The number of carbonyl (C=O) groups is 1. The van der Waals surface area contributed by atoms with Crippen molar-refractivity contribution in [3.63, 3.8) is 0 Å². The van der Waals surface area contributed by atoms with E-state index in [1.807, 2.05) is 0 Å². The lowest BCUT2D eigenvalue weighted by Crippen LogP contribution is -2.29. The Hall–Kier alpha value is -3.75. The van der Waals surface area contributed by atoms with Crippen LogP contribution in [0.25, 0.3) is 10.9 Å². The molecule has 0 bridgehead atoms. The summed E-state index contributed by atoms with van der Waals surface area (Å²) < 4.78 is 1.37. The third-order valence-corrected chi connectivity index (χ3v) is 3.79. The molecule has 26 heavy (non-hydrogen) atoms. The minimum Gasteiger partial charge on any atom is -0.872 e. The zero-order valence-electron chi connectivity index (χ0n) is 13.4. The van der Waals surface area contributed by atoms with Crippen LogP contribution in [0.1, 0.15) is 5.56 Å². The molecule has 2 aromatic carbocycles. The largest absolute Gasteiger partial charge is 0.872 e. The van der Waals surface area contributed by atoms with Crippen molar-refractivity contribution in [1.82, 2.24) is 15.1 Å². The second kappa shape index (κ2) is 7.01. The highest BCUT2D eigenvalue weighted by Crippen LogP contribution is 2.20. The van der Waals surface area contributed by atoms with Crippen molar-refractivity contribution in [2.45, 2.75) is 13.1 Å². The van der Waals surface area contributed by atoms with Crippen LogP contribution in [0.5, 0.6) is 5.75 Å². The van der Waals surface area contributed by atoms with Crippen molar-refractivity contribution >= 4 is 22.5 Å². The van der Waals surface area contributed by atoms with E-state index >= 15 is 0 Å². The number of nitro groups is 1. The summed E-state index contributed by atoms with van der Waals surface area (Å²) in [6, 6.07) is 10.1. The van der Waals surface area contributed by atoms with Crippen LogP contribution in [0.15, 0.2) is 53.5 Å². The Balaban J connectivity index is 1.75. The molecule has 3 rings (SSSR count). The smallest absolute Gasteiger partial charge is 0.269 e. The molecule has 1 aromatic heterocycles. The van der Waals surface area contributed by atoms with Crippen molar-refractivity contribution < 1.29 is 14.8 Å². The van der Waals surface area contributed by atoms with Gasteiger partial charge in [-0.05, 0) is 17.7 Å². The van der Waals surface area contributed by atoms with E-state index in [-0.39, 0.29) is 29.8 Å². The Kier molecular flexibility index (Phi) is 4.61. The van der Waals surface area contributed by atoms with E-state index in [0.717, 1.165) is 24.4 Å². The lowest BCUT2D eigenvalue weighted by atomic mass is 10.1. The van der Waals surface area contributed by atoms with Gasteiger partial charge in [0, 0.05) is 24.1 Å². The highest BCUT2D eigenvalue weighted by atomic mass is 16.6. The summed E-state index contributed by atoms with van der Waals surface area (Å²) in [5.41, 5.74) is 0.159. The summed E-state index contributed by atoms with van der Waals surface area (Å²) in [5, 5.41) is 29.4. The van der Waals surface area contributed by atoms with E-state index in [1.165, 1.54) is 4.68 Å². The fraction of sp³-hybridized carbons (Fsp3) is 0.118. The van der Waals surface area contributed by atoms with Crippen molar-refractivity contribution in [1.29, 1.82) is 0 Å². The summed E-state index contributed by atoms with van der Waals surface area (Å²) >= 11 is 0. The number of fused-ring (bicyclic) bond motifs is 1. The molecule has 9 heteroatoms. The number of carbonyl (C=O) groups excluding carboxylic acids is 1. The summed E-state index contributed by atoms with van der Waals surface area (Å²) in [5.74, 6) is -0.847. The Morgan fingerprint density at radius 2 is 2.00 bits per heavy atom. The zero-order valence-corrected chi connectivity index (χ0v) is 13.4. The first-order chi connectivity index (χ1) is 12.5. The van der Waals surface area contributed by atoms with Crippen LogP contribution in [0.2, 0.25) is 0 Å². The Bertz CT molecular complexity index is 1060. The van der Waals surface area contributed by atoms with Gasteiger partial charge in [-0.1, -0.05) is 18.2 Å². The quantitative estimate of drug-likeness (QED) is 0.530. The SMILES string of the molecule is O=C(Cn1ncc(=O)c2ccccc21)NCc1cc([N+](=O)[O-])ccc1[O-]. The first-order valence-electron chi connectivity index (χ1n) is 7.61. The molecule has 0 aliphatic heterocycles. The number of benzene rings is 2. The number of hydrogen-bond donors (Lipinski definition) is 1. The molecule has 9 nitrogen and oxygen atoms in total. The highest BCUT2D eigenvalue weighted by Gasteiger charge is 2.10. The van der Waals surface area contributed by atoms with Crippen LogP contribution in [-0.2, 0) is 17.9 Å². The molecule has 0 saturated heterocycles. The number of nitrogens with one attached hydrogen (secondary N) is 1. The topological polar surface area (TPSA) is 130 Å². The number of amides is 1. The molecule has 0 fully saturated rings. The van der Waals surface area contributed by atoms with E-state index in [9.17, 15) is 24.8 Å². The maximum absolute atomic E-state index is 12.2. The first-order valence-corrected chi connectivity index (χ1v) is 7.61. The van der Waals surface area contributed by atoms with Crippen molar-refractivity contribution in [2.24, 2.45) is 0 Å². The van der Waals surface area contributed by atoms with E-state index in [0.29, 0.717) is 10.9 Å². The molecule has 0 saturated carbocycles. The highest BCUT2D eigenvalue weighted by molar-refractivity contribution is 5.81. The fourth-order valence-corrected chi connectivity index (χ4v) is 2.49. The predicted molar refractivity (Wildman–Crippen MR) is 90.4 cm³/mol. The number of non-ortho nitro benzene ring substituents is 1. The minimum atomic E-state index is -0.610. The normalized spacial score (nSPS) is 10.6. The monoisotopic (exact) mass is 353 g/mol. The second-order valence-corrected chi connectivity index (χ2v) is 5.51. The average Bonchev–Trinajstić information content (AvgIpc) is 2.63. The first kappa shape index (κ1) is 17.1. The van der Waals surface area contributed by atoms with Gasteiger partial charge in [0.1, 0.15) is 6.54 Å². The lowest BCUT2D eigenvalue weighted by molar-refractivity contribution is -0.385. The Morgan fingerprint density at radius 1 is 1.23 bits per heavy atom. The number of hydrogen-bond acceptors (Lipinski definition) is 6. The molecule has 1 N–H and O–H groups in total. The maximum Gasteiger partial charge on any atom is 0.269 e. The predicted octanol–water partition coefficient (Wildman–Crippen LogP) is 0.695. The molecule has 0 atom stereocenters. The molecule has 132 valence electrons. The molecule has 0 radical (unpaired) electrons. The number of rotatable bonds is 5. The fourth-order valence-electron chi connectivity index (χ4n) is 2.49. The van der Waals surface area contributed by atoms with Gasteiger partial charge in [-0.25, -0.2) is 0 Å². The summed E-state index contributed by atoms with van der Waals surface area (Å²) in [7, 11) is 0. The molecule has 1 amide bonds. The van der Waals surface area contributed by atoms with Crippen LogP contribution >= 0.6 is 0 Å². The summed E-state index contributed by atoms with van der Waals surface area (Å²) in [6.07, 6.45) is 1.13. The molecule has 1 heterocycles. The van der Waals surface area contributed by atoms with E-state index in [2.05, 4.69) is 10.4 Å². The van der Waals surface area contributed by atoms with Gasteiger partial charge in [0.2, 0.25) is 11.3 Å². The third-order valence-electron chi connectivity index (χ3n) is 3.79. The molecule has 0 aliphatic rings. The molecular formula is C17H13N4O5-. The lowest BCUT2D eigenvalue weighted by Gasteiger charge is -2.14. The molecule has 0 unspecified atom stereocenters. The van der Waals surface area contributed by atoms with Crippen LogP contribution in [0, 0.1) is 10.1 Å². The van der Waals surface area contributed by atoms with Gasteiger partial charge in [-0.2, -0.15) is 5.10 Å². The van der Waals surface area contributed by atoms with E-state index in [1.54, 1.807) is 24.3 Å². The third kappa shape index (κ3) is 3.51. The van der Waals surface area contributed by atoms with Gasteiger partial charge >= 0.3 is 0 Å². The van der Waals surface area contributed by atoms with Crippen LogP contribution in [0.4, 0.5) is 5.69 Å². The summed E-state index contributed by atoms with van der Waals surface area (Å²) in [4.78, 5) is 34.1. The molecular weight excluding hydrogens is 340 g/mol.